The number of rotatable bonds is 6. The molecule has 0 saturated heterocycles. The summed E-state index contributed by atoms with van der Waals surface area (Å²) in [5.74, 6) is -0.157. The van der Waals surface area contributed by atoms with E-state index in [1.165, 1.54) is 5.56 Å². The zero-order valence-corrected chi connectivity index (χ0v) is 17.3. The van der Waals surface area contributed by atoms with E-state index in [0.29, 0.717) is 11.4 Å². The summed E-state index contributed by atoms with van der Waals surface area (Å²) in [6, 6.07) is 5.53. The Bertz CT molecular complexity index is 912. The molecule has 1 aromatic heterocycles. The summed E-state index contributed by atoms with van der Waals surface area (Å²) in [5.41, 5.74) is 5.08. The van der Waals surface area contributed by atoms with E-state index in [4.69, 9.17) is 16.3 Å². The molecule has 1 aliphatic rings. The van der Waals surface area contributed by atoms with Crippen molar-refractivity contribution in [3.8, 4) is 0 Å². The Balaban J connectivity index is 2.12. The number of nitrogens with one attached hydrogen (secondary N) is 1. The average molecular weight is 400 g/mol. The number of carbonyl (C=O) groups excluding carboxylic acids is 1. The van der Waals surface area contributed by atoms with E-state index in [0.717, 1.165) is 35.2 Å². The maximum absolute atomic E-state index is 12.9. The van der Waals surface area contributed by atoms with Crippen LogP contribution in [0.3, 0.4) is 0 Å². The topological polar surface area (TPSA) is 56.1 Å². The van der Waals surface area contributed by atoms with Crippen LogP contribution in [0, 0.1) is 0 Å². The third-order valence-corrected chi connectivity index (χ3v) is 5.39. The van der Waals surface area contributed by atoms with E-state index in [9.17, 15) is 4.79 Å². The van der Waals surface area contributed by atoms with E-state index in [-0.39, 0.29) is 5.91 Å². The minimum Gasteiger partial charge on any atom is -0.372 e. The van der Waals surface area contributed by atoms with Crippen LogP contribution in [-0.4, -0.2) is 28.7 Å². The zero-order chi connectivity index (χ0) is 20.3. The molecule has 148 valence electrons. The normalized spacial score (nSPS) is 16.0. The summed E-state index contributed by atoms with van der Waals surface area (Å²) < 4.78 is 7.25. The van der Waals surface area contributed by atoms with Crippen LogP contribution < -0.4 is 5.32 Å². The summed E-state index contributed by atoms with van der Waals surface area (Å²) in [6.45, 7) is 6.12. The number of allylic oxidation sites excluding steroid dienone is 2. The lowest BCUT2D eigenvalue weighted by Gasteiger charge is -2.25. The van der Waals surface area contributed by atoms with Crippen molar-refractivity contribution in [2.24, 2.45) is 7.05 Å². The van der Waals surface area contributed by atoms with Gasteiger partial charge in [0, 0.05) is 19.2 Å². The van der Waals surface area contributed by atoms with Crippen LogP contribution in [0.2, 0.25) is 5.02 Å². The molecule has 0 radical (unpaired) electrons. The lowest BCUT2D eigenvalue weighted by atomic mass is 9.92. The van der Waals surface area contributed by atoms with Crippen LogP contribution in [0.1, 0.15) is 42.6 Å². The number of aromatic nitrogens is 2. The Morgan fingerprint density at radius 3 is 2.86 bits per heavy atom. The van der Waals surface area contributed by atoms with Crippen molar-refractivity contribution >= 4 is 23.1 Å². The fraction of sp³-hybridized carbons (Fsp3) is 0.364. The van der Waals surface area contributed by atoms with Crippen LogP contribution in [-0.2, 0) is 23.0 Å². The van der Waals surface area contributed by atoms with Gasteiger partial charge in [0.1, 0.15) is 6.10 Å². The van der Waals surface area contributed by atoms with Crippen LogP contribution >= 0.6 is 11.6 Å². The second kappa shape index (κ2) is 8.76. The summed E-state index contributed by atoms with van der Waals surface area (Å²) in [5, 5.41) is 3.83. The van der Waals surface area contributed by atoms with Gasteiger partial charge in [-0.3, -0.25) is 4.79 Å². The molecule has 2 aromatic rings. The van der Waals surface area contributed by atoms with Crippen molar-refractivity contribution < 1.29 is 9.53 Å². The molecule has 28 heavy (non-hydrogen) atoms. The first-order valence-corrected chi connectivity index (χ1v) is 9.80. The van der Waals surface area contributed by atoms with Crippen molar-refractivity contribution in [3.05, 3.63) is 70.8 Å². The number of amides is 1. The van der Waals surface area contributed by atoms with Crippen LogP contribution in [0.5, 0.6) is 0 Å². The molecule has 2 atom stereocenters. The number of benzene rings is 1. The summed E-state index contributed by atoms with van der Waals surface area (Å²) in [4.78, 5) is 17.1. The molecule has 3 rings (SSSR count). The molecule has 1 N–H and O–H groups in total. The molecule has 0 bridgehead atoms. The first-order chi connectivity index (χ1) is 13.4. The number of halogens is 1. The highest BCUT2D eigenvalue weighted by Gasteiger charge is 2.28. The molecule has 1 aliphatic carbocycles. The van der Waals surface area contributed by atoms with Gasteiger partial charge in [-0.2, -0.15) is 0 Å². The van der Waals surface area contributed by atoms with Gasteiger partial charge in [-0.15, -0.1) is 0 Å². The number of methoxy groups -OCH3 is 1. The first-order valence-electron chi connectivity index (χ1n) is 9.42. The predicted octanol–water partition coefficient (Wildman–Crippen LogP) is 4.24. The number of hydrogen-bond acceptors (Lipinski definition) is 3. The summed E-state index contributed by atoms with van der Waals surface area (Å²) in [6.07, 6.45) is 7.39. The molecule has 5 nitrogen and oxygen atoms in total. The highest BCUT2D eigenvalue weighted by molar-refractivity contribution is 6.30. The molecule has 1 aromatic carbocycles. The Morgan fingerprint density at radius 2 is 2.21 bits per heavy atom. The highest BCUT2D eigenvalue weighted by atomic mass is 35.5. The van der Waals surface area contributed by atoms with Crippen molar-refractivity contribution in [3.63, 3.8) is 0 Å². The molecule has 0 spiro atoms. The van der Waals surface area contributed by atoms with Gasteiger partial charge in [-0.1, -0.05) is 42.8 Å². The minimum absolute atomic E-state index is 0.157. The maximum Gasteiger partial charge on any atom is 0.249 e. The monoisotopic (exact) mass is 399 g/mol. The molecule has 0 fully saturated rings. The number of fused-ring (bicyclic) bond motifs is 1. The molecule has 0 saturated carbocycles. The largest absolute Gasteiger partial charge is 0.372 e. The molecular weight excluding hydrogens is 374 g/mol. The number of aryl methyl sites for hydroxylation is 2. The second-order valence-corrected chi connectivity index (χ2v) is 7.50. The molecule has 6 heteroatoms. The van der Waals surface area contributed by atoms with E-state index >= 15 is 0 Å². The van der Waals surface area contributed by atoms with Gasteiger partial charge in [0.25, 0.3) is 0 Å². The van der Waals surface area contributed by atoms with Gasteiger partial charge in [0.15, 0.2) is 0 Å². The van der Waals surface area contributed by atoms with Gasteiger partial charge in [-0.25, -0.2) is 4.98 Å². The Kier molecular flexibility index (Phi) is 6.37. The molecule has 0 aliphatic heterocycles. The maximum atomic E-state index is 12.9. The third kappa shape index (κ3) is 4.21. The Hall–Kier alpha value is -2.37. The second-order valence-electron chi connectivity index (χ2n) is 7.06. The van der Waals surface area contributed by atoms with Gasteiger partial charge in [0.05, 0.1) is 24.3 Å². The van der Waals surface area contributed by atoms with Crippen LogP contribution in [0.4, 0.5) is 0 Å². The van der Waals surface area contributed by atoms with Gasteiger partial charge in [-0.05, 0) is 48.1 Å². The summed E-state index contributed by atoms with van der Waals surface area (Å²) in [7, 11) is 3.47. The molecule has 1 heterocycles. The quantitative estimate of drug-likeness (QED) is 0.790. The fourth-order valence-electron chi connectivity index (χ4n) is 3.59. The van der Waals surface area contributed by atoms with E-state index < -0.39 is 12.1 Å². The SMILES string of the molecule is C=C1C=C([C@@H](NC(=O)C(CC)OC)c2cncn2C)c2cc(Cl)ccc2CC1. The number of nitrogens with zero attached hydrogens (tertiary/aromatic N) is 2. The average Bonchev–Trinajstić information content (AvgIpc) is 3.02. The van der Waals surface area contributed by atoms with Gasteiger partial charge >= 0.3 is 0 Å². The Morgan fingerprint density at radius 1 is 1.43 bits per heavy atom. The molecule has 1 unspecified atom stereocenters. The van der Waals surface area contributed by atoms with Crippen molar-refractivity contribution in [2.45, 2.75) is 38.3 Å². The van der Waals surface area contributed by atoms with Crippen molar-refractivity contribution in [2.75, 3.05) is 7.11 Å². The zero-order valence-electron chi connectivity index (χ0n) is 16.5. The number of carbonyl (C=O) groups is 1. The molecule has 1 amide bonds. The predicted molar refractivity (Wildman–Crippen MR) is 112 cm³/mol. The summed E-state index contributed by atoms with van der Waals surface area (Å²) >= 11 is 6.32. The van der Waals surface area contributed by atoms with E-state index in [1.807, 2.05) is 30.7 Å². The van der Waals surface area contributed by atoms with Crippen LogP contribution in [0.15, 0.2) is 49.0 Å². The van der Waals surface area contributed by atoms with E-state index in [2.05, 4.69) is 29.0 Å². The van der Waals surface area contributed by atoms with Crippen LogP contribution in [0.25, 0.3) is 5.57 Å². The fourth-order valence-corrected chi connectivity index (χ4v) is 3.76. The lowest BCUT2D eigenvalue weighted by Crippen LogP contribution is -2.39. The molecular formula is C22H26ClN3O2. The Labute approximate surface area is 171 Å². The number of imidazole rings is 1. The third-order valence-electron chi connectivity index (χ3n) is 5.15. The lowest BCUT2D eigenvalue weighted by molar-refractivity contribution is -0.131. The number of hydrogen-bond donors (Lipinski definition) is 1. The smallest absolute Gasteiger partial charge is 0.249 e. The van der Waals surface area contributed by atoms with Crippen molar-refractivity contribution in [1.29, 1.82) is 0 Å². The first kappa shape index (κ1) is 20.4. The number of ether oxygens (including phenoxy) is 1. The van der Waals surface area contributed by atoms with E-state index in [1.54, 1.807) is 19.6 Å². The van der Waals surface area contributed by atoms with Gasteiger partial charge in [0.2, 0.25) is 5.91 Å². The minimum atomic E-state index is -0.510. The highest BCUT2D eigenvalue weighted by Crippen LogP contribution is 2.37. The van der Waals surface area contributed by atoms with Crippen molar-refractivity contribution in [1.82, 2.24) is 14.9 Å². The standard InChI is InChI=1S/C22H26ClN3O2/c1-5-20(28-4)22(27)25-21(19-12-24-13-26(19)3)18-10-14(2)6-7-15-8-9-16(23)11-17(15)18/h8-13,20-21H,2,5-7H2,1,3-4H3,(H,25,27)/t20?,21-/m1/s1. The van der Waals surface area contributed by atoms with Gasteiger partial charge < -0.3 is 14.6 Å².